The molecule has 86 valence electrons. The summed E-state index contributed by atoms with van der Waals surface area (Å²) in [6, 6.07) is 8.99. The lowest BCUT2D eigenvalue weighted by Gasteiger charge is -2.41. The van der Waals surface area contributed by atoms with Crippen molar-refractivity contribution in [1.29, 1.82) is 0 Å². The van der Waals surface area contributed by atoms with Crippen molar-refractivity contribution in [2.45, 2.75) is 25.3 Å². The van der Waals surface area contributed by atoms with Gasteiger partial charge in [0.2, 0.25) is 0 Å². The third-order valence-corrected chi connectivity index (χ3v) is 4.58. The Balaban J connectivity index is 1.91. The maximum Gasteiger partial charge on any atom is 0.0359 e. The maximum atomic E-state index is 6.48. The van der Waals surface area contributed by atoms with Crippen LogP contribution in [-0.2, 0) is 6.42 Å². The summed E-state index contributed by atoms with van der Waals surface area (Å²) in [6.45, 7) is 2.39. The second kappa shape index (κ2) is 3.57. The zero-order chi connectivity index (χ0) is 11.2. The molecule has 2 N–H and O–H groups in total. The van der Waals surface area contributed by atoms with Gasteiger partial charge in [0, 0.05) is 6.04 Å². The summed E-state index contributed by atoms with van der Waals surface area (Å²) < 4.78 is 0. The molecule has 1 spiro atoms. The molecule has 2 heteroatoms. The summed E-state index contributed by atoms with van der Waals surface area (Å²) in [5.41, 5.74) is 9.72. The Morgan fingerprint density at radius 2 is 1.94 bits per heavy atom. The molecular weight excluding hydrogens is 196 g/mol. The first kappa shape index (κ1) is 10.3. The van der Waals surface area contributed by atoms with Crippen molar-refractivity contribution in [3.05, 3.63) is 35.4 Å². The highest BCUT2D eigenvalue weighted by Gasteiger charge is 2.45. The molecule has 1 atom stereocenters. The molecule has 1 aromatic carbocycles. The summed E-state index contributed by atoms with van der Waals surface area (Å²) in [5.74, 6) is 0. The first-order valence-corrected chi connectivity index (χ1v) is 6.23. The van der Waals surface area contributed by atoms with Crippen molar-refractivity contribution in [1.82, 2.24) is 4.90 Å². The number of benzene rings is 1. The first-order valence-electron chi connectivity index (χ1n) is 6.23. The Bertz CT molecular complexity index is 391. The molecule has 0 bridgehead atoms. The Labute approximate surface area is 97.4 Å². The lowest BCUT2D eigenvalue weighted by molar-refractivity contribution is 0.106. The van der Waals surface area contributed by atoms with E-state index in [1.165, 1.54) is 43.5 Å². The van der Waals surface area contributed by atoms with Gasteiger partial charge in [0.1, 0.15) is 0 Å². The van der Waals surface area contributed by atoms with E-state index in [0.29, 0.717) is 5.41 Å². The molecule has 2 nitrogen and oxygen atoms in total. The van der Waals surface area contributed by atoms with Gasteiger partial charge in [-0.1, -0.05) is 24.3 Å². The molecule has 16 heavy (non-hydrogen) atoms. The van der Waals surface area contributed by atoms with Crippen molar-refractivity contribution in [2.24, 2.45) is 11.1 Å². The van der Waals surface area contributed by atoms with Crippen LogP contribution in [0.2, 0.25) is 0 Å². The Morgan fingerprint density at radius 1 is 1.25 bits per heavy atom. The fourth-order valence-corrected chi connectivity index (χ4v) is 3.37. The average molecular weight is 216 g/mol. The van der Waals surface area contributed by atoms with Gasteiger partial charge in [0.25, 0.3) is 0 Å². The minimum atomic E-state index is 0.261. The number of fused-ring (bicyclic) bond motifs is 1. The number of likely N-dealkylation sites (tertiary alicyclic amines) is 1. The highest BCUT2D eigenvalue weighted by molar-refractivity contribution is 5.38. The van der Waals surface area contributed by atoms with Gasteiger partial charge in [0.15, 0.2) is 0 Å². The van der Waals surface area contributed by atoms with Crippen LogP contribution in [0.3, 0.4) is 0 Å². The van der Waals surface area contributed by atoms with Crippen LogP contribution >= 0.6 is 0 Å². The Hall–Kier alpha value is -0.860. The lowest BCUT2D eigenvalue weighted by atomic mass is 9.73. The van der Waals surface area contributed by atoms with E-state index in [9.17, 15) is 0 Å². The summed E-state index contributed by atoms with van der Waals surface area (Å²) in [6.07, 6.45) is 3.69. The van der Waals surface area contributed by atoms with Crippen LogP contribution in [-0.4, -0.2) is 25.0 Å². The number of nitrogens with zero attached hydrogens (tertiary/aromatic N) is 1. The number of hydrogen-bond acceptors (Lipinski definition) is 2. The van der Waals surface area contributed by atoms with Crippen molar-refractivity contribution in [3.8, 4) is 0 Å². The molecule has 1 aliphatic carbocycles. The number of hydrogen-bond donors (Lipinski definition) is 1. The van der Waals surface area contributed by atoms with Crippen molar-refractivity contribution in [3.63, 3.8) is 0 Å². The van der Waals surface area contributed by atoms with Crippen molar-refractivity contribution in [2.75, 3.05) is 20.1 Å². The minimum absolute atomic E-state index is 0.261. The summed E-state index contributed by atoms with van der Waals surface area (Å²) in [4.78, 5) is 2.42. The fourth-order valence-electron chi connectivity index (χ4n) is 3.37. The van der Waals surface area contributed by atoms with Crippen LogP contribution < -0.4 is 5.73 Å². The SMILES string of the molecule is CN1CCC2(CC1)Cc1ccccc1[C@@H]2N. The van der Waals surface area contributed by atoms with Gasteiger partial charge >= 0.3 is 0 Å². The van der Waals surface area contributed by atoms with Gasteiger partial charge in [-0.15, -0.1) is 0 Å². The van der Waals surface area contributed by atoms with Gasteiger partial charge in [-0.25, -0.2) is 0 Å². The van der Waals surface area contributed by atoms with E-state index >= 15 is 0 Å². The molecular formula is C14H20N2. The van der Waals surface area contributed by atoms with Gasteiger partial charge in [-0.2, -0.15) is 0 Å². The van der Waals surface area contributed by atoms with Crippen molar-refractivity contribution >= 4 is 0 Å². The largest absolute Gasteiger partial charge is 0.323 e. The standard InChI is InChI=1S/C14H20N2/c1-16-8-6-14(7-9-16)10-11-4-2-3-5-12(11)13(14)15/h2-5,13H,6-10,15H2,1H3/t13-/m0/s1. The van der Waals surface area contributed by atoms with Crippen LogP contribution in [0.15, 0.2) is 24.3 Å². The van der Waals surface area contributed by atoms with E-state index in [1.54, 1.807) is 0 Å². The number of piperidine rings is 1. The topological polar surface area (TPSA) is 29.3 Å². The quantitative estimate of drug-likeness (QED) is 0.718. The molecule has 0 amide bonds. The normalized spacial score (nSPS) is 28.2. The summed E-state index contributed by atoms with van der Waals surface area (Å²) in [5, 5.41) is 0. The molecule has 1 aromatic rings. The summed E-state index contributed by atoms with van der Waals surface area (Å²) >= 11 is 0. The van der Waals surface area contributed by atoms with E-state index in [-0.39, 0.29) is 6.04 Å². The van der Waals surface area contributed by atoms with Crippen LogP contribution in [0.25, 0.3) is 0 Å². The molecule has 0 unspecified atom stereocenters. The molecule has 1 fully saturated rings. The first-order chi connectivity index (χ1) is 7.71. The molecule has 1 saturated heterocycles. The molecule has 0 radical (unpaired) electrons. The highest BCUT2D eigenvalue weighted by Crippen LogP contribution is 2.50. The number of rotatable bonds is 0. The fraction of sp³-hybridized carbons (Fsp3) is 0.571. The lowest BCUT2D eigenvalue weighted by Crippen LogP contribution is -2.42. The molecule has 1 aliphatic heterocycles. The van der Waals surface area contributed by atoms with E-state index in [1.807, 2.05) is 0 Å². The van der Waals surface area contributed by atoms with E-state index in [4.69, 9.17) is 5.73 Å². The number of nitrogens with two attached hydrogens (primary N) is 1. The zero-order valence-corrected chi connectivity index (χ0v) is 9.95. The van der Waals surface area contributed by atoms with Crippen LogP contribution in [0.5, 0.6) is 0 Å². The predicted octanol–water partition coefficient (Wildman–Crippen LogP) is 1.95. The minimum Gasteiger partial charge on any atom is -0.323 e. The van der Waals surface area contributed by atoms with E-state index in [0.717, 1.165) is 0 Å². The monoisotopic (exact) mass is 216 g/mol. The third-order valence-electron chi connectivity index (χ3n) is 4.58. The van der Waals surface area contributed by atoms with Crippen molar-refractivity contribution < 1.29 is 0 Å². The molecule has 2 aliphatic rings. The van der Waals surface area contributed by atoms with Gasteiger partial charge in [-0.3, -0.25) is 0 Å². The van der Waals surface area contributed by atoms with Gasteiger partial charge < -0.3 is 10.6 Å². The Kier molecular flexibility index (Phi) is 2.30. The van der Waals surface area contributed by atoms with E-state index in [2.05, 4.69) is 36.2 Å². The smallest absolute Gasteiger partial charge is 0.0359 e. The average Bonchev–Trinajstić information content (AvgIpc) is 2.58. The second-order valence-corrected chi connectivity index (χ2v) is 5.52. The van der Waals surface area contributed by atoms with Crippen LogP contribution in [0, 0.1) is 5.41 Å². The molecule has 0 aromatic heterocycles. The van der Waals surface area contributed by atoms with Gasteiger partial charge in [0.05, 0.1) is 0 Å². The highest BCUT2D eigenvalue weighted by atomic mass is 15.1. The maximum absolute atomic E-state index is 6.48. The molecule has 0 saturated carbocycles. The van der Waals surface area contributed by atoms with Crippen LogP contribution in [0.4, 0.5) is 0 Å². The van der Waals surface area contributed by atoms with E-state index < -0.39 is 0 Å². The summed E-state index contributed by atoms with van der Waals surface area (Å²) in [7, 11) is 2.21. The zero-order valence-electron chi connectivity index (χ0n) is 9.95. The molecule has 1 heterocycles. The molecule has 3 rings (SSSR count). The third kappa shape index (κ3) is 1.40. The predicted molar refractivity (Wildman–Crippen MR) is 66.2 cm³/mol. The second-order valence-electron chi connectivity index (χ2n) is 5.52. The van der Waals surface area contributed by atoms with Gasteiger partial charge in [-0.05, 0) is 55.9 Å². The Morgan fingerprint density at radius 3 is 2.62 bits per heavy atom. The van der Waals surface area contributed by atoms with Crippen LogP contribution in [0.1, 0.15) is 30.0 Å².